The molecule has 1 N–H and O–H groups in total. The van der Waals surface area contributed by atoms with E-state index >= 15 is 0 Å². The maximum absolute atomic E-state index is 12.2. The van der Waals surface area contributed by atoms with Gasteiger partial charge in [0.1, 0.15) is 17.2 Å². The molecule has 1 unspecified atom stereocenters. The predicted octanol–water partition coefficient (Wildman–Crippen LogP) is 2.29. The molecule has 1 heterocycles. The zero-order valence-corrected chi connectivity index (χ0v) is 11.2. The molecule has 0 spiro atoms. The summed E-state index contributed by atoms with van der Waals surface area (Å²) < 4.78 is 10.7. The van der Waals surface area contributed by atoms with E-state index in [4.69, 9.17) is 9.47 Å². The SMILES string of the molecule is COc1ccc2c(c1)OC(c1cccc(O)c1)C(=O)C2=O. The van der Waals surface area contributed by atoms with E-state index in [0.29, 0.717) is 17.1 Å². The maximum atomic E-state index is 12.2. The Kier molecular flexibility index (Phi) is 3.10. The topological polar surface area (TPSA) is 72.8 Å². The lowest BCUT2D eigenvalue weighted by molar-refractivity contribution is -0.122. The van der Waals surface area contributed by atoms with Crippen molar-refractivity contribution in [2.45, 2.75) is 6.10 Å². The van der Waals surface area contributed by atoms with Gasteiger partial charge in [0.15, 0.2) is 6.10 Å². The number of fused-ring (bicyclic) bond motifs is 1. The molecular weight excluding hydrogens is 272 g/mol. The predicted molar refractivity (Wildman–Crippen MR) is 73.8 cm³/mol. The second-order valence-electron chi connectivity index (χ2n) is 4.65. The van der Waals surface area contributed by atoms with Crippen LogP contribution < -0.4 is 9.47 Å². The number of rotatable bonds is 2. The van der Waals surface area contributed by atoms with Gasteiger partial charge in [-0.25, -0.2) is 0 Å². The molecule has 0 aromatic heterocycles. The van der Waals surface area contributed by atoms with Gasteiger partial charge in [-0.05, 0) is 24.3 Å². The van der Waals surface area contributed by atoms with E-state index in [-0.39, 0.29) is 11.3 Å². The Hall–Kier alpha value is -2.82. The molecule has 0 bridgehead atoms. The van der Waals surface area contributed by atoms with Gasteiger partial charge in [-0.1, -0.05) is 12.1 Å². The minimum atomic E-state index is -1.05. The summed E-state index contributed by atoms with van der Waals surface area (Å²) in [5.74, 6) is -0.420. The van der Waals surface area contributed by atoms with Crippen LogP contribution in [0, 0.1) is 0 Å². The van der Waals surface area contributed by atoms with E-state index in [2.05, 4.69) is 0 Å². The number of carbonyl (C=O) groups excluding carboxylic acids is 2. The van der Waals surface area contributed by atoms with E-state index in [0.717, 1.165) is 0 Å². The molecule has 5 nitrogen and oxygen atoms in total. The highest BCUT2D eigenvalue weighted by atomic mass is 16.5. The minimum absolute atomic E-state index is 0.00721. The first-order chi connectivity index (χ1) is 10.1. The first-order valence-corrected chi connectivity index (χ1v) is 6.32. The number of hydrogen-bond acceptors (Lipinski definition) is 5. The Morgan fingerprint density at radius 3 is 2.67 bits per heavy atom. The highest BCUT2D eigenvalue weighted by Gasteiger charge is 2.36. The molecule has 21 heavy (non-hydrogen) atoms. The van der Waals surface area contributed by atoms with Crippen molar-refractivity contribution in [3.05, 3.63) is 53.6 Å². The lowest BCUT2D eigenvalue weighted by Gasteiger charge is -2.24. The van der Waals surface area contributed by atoms with Crippen LogP contribution in [0.15, 0.2) is 42.5 Å². The summed E-state index contributed by atoms with van der Waals surface area (Å²) in [6.07, 6.45) is -1.05. The third kappa shape index (κ3) is 2.23. The monoisotopic (exact) mass is 284 g/mol. The van der Waals surface area contributed by atoms with E-state index in [1.165, 1.54) is 25.3 Å². The largest absolute Gasteiger partial charge is 0.508 e. The van der Waals surface area contributed by atoms with Crippen molar-refractivity contribution in [3.8, 4) is 17.2 Å². The fraction of sp³-hybridized carbons (Fsp3) is 0.125. The average molecular weight is 284 g/mol. The molecule has 0 aliphatic carbocycles. The average Bonchev–Trinajstić information content (AvgIpc) is 2.50. The number of ether oxygens (including phenoxy) is 2. The van der Waals surface area contributed by atoms with Crippen molar-refractivity contribution in [1.29, 1.82) is 0 Å². The zero-order valence-electron chi connectivity index (χ0n) is 11.2. The highest BCUT2D eigenvalue weighted by molar-refractivity contribution is 6.46. The molecule has 3 rings (SSSR count). The van der Waals surface area contributed by atoms with Crippen molar-refractivity contribution in [1.82, 2.24) is 0 Å². The summed E-state index contributed by atoms with van der Waals surface area (Å²) in [5.41, 5.74) is 0.652. The number of ketones is 2. The van der Waals surface area contributed by atoms with Gasteiger partial charge in [0.2, 0.25) is 11.6 Å². The molecule has 2 aromatic rings. The Morgan fingerprint density at radius 1 is 1.14 bits per heavy atom. The van der Waals surface area contributed by atoms with Gasteiger partial charge in [-0.3, -0.25) is 9.59 Å². The first-order valence-electron chi connectivity index (χ1n) is 6.32. The molecule has 1 aliphatic rings. The number of aromatic hydroxyl groups is 1. The van der Waals surface area contributed by atoms with Crippen LogP contribution >= 0.6 is 0 Å². The van der Waals surface area contributed by atoms with Crippen molar-refractivity contribution >= 4 is 11.6 Å². The van der Waals surface area contributed by atoms with Crippen LogP contribution in [-0.2, 0) is 4.79 Å². The van der Waals surface area contributed by atoms with Crippen LogP contribution in [0.1, 0.15) is 22.0 Å². The summed E-state index contributed by atoms with van der Waals surface area (Å²) >= 11 is 0. The van der Waals surface area contributed by atoms with Gasteiger partial charge < -0.3 is 14.6 Å². The number of benzene rings is 2. The molecule has 2 aromatic carbocycles. The quantitative estimate of drug-likeness (QED) is 0.856. The van der Waals surface area contributed by atoms with Gasteiger partial charge in [-0.15, -0.1) is 0 Å². The molecule has 5 heteroatoms. The van der Waals surface area contributed by atoms with Crippen LogP contribution in [-0.4, -0.2) is 23.8 Å². The molecule has 0 saturated heterocycles. The Bertz CT molecular complexity index is 735. The number of carbonyl (C=O) groups is 2. The Morgan fingerprint density at radius 2 is 1.95 bits per heavy atom. The molecule has 0 amide bonds. The molecule has 0 saturated carbocycles. The van der Waals surface area contributed by atoms with Crippen LogP contribution in [0.4, 0.5) is 0 Å². The van der Waals surface area contributed by atoms with Gasteiger partial charge in [0.05, 0.1) is 12.7 Å². The molecular formula is C16H12O5. The standard InChI is InChI=1S/C16H12O5/c1-20-11-5-6-12-13(8-11)21-16(15(19)14(12)18)9-3-2-4-10(17)7-9/h2-8,16-17H,1H3. The maximum Gasteiger partial charge on any atom is 0.248 e. The molecule has 1 aliphatic heterocycles. The lowest BCUT2D eigenvalue weighted by Crippen LogP contribution is -2.31. The van der Waals surface area contributed by atoms with Crippen LogP contribution in [0.3, 0.4) is 0 Å². The van der Waals surface area contributed by atoms with Crippen LogP contribution in [0.2, 0.25) is 0 Å². The summed E-state index contributed by atoms with van der Waals surface area (Å²) in [4.78, 5) is 24.3. The fourth-order valence-corrected chi connectivity index (χ4v) is 2.25. The van der Waals surface area contributed by atoms with E-state index < -0.39 is 17.7 Å². The molecule has 0 fully saturated rings. The van der Waals surface area contributed by atoms with Crippen molar-refractivity contribution in [3.63, 3.8) is 0 Å². The normalized spacial score (nSPS) is 17.1. The summed E-state index contributed by atoms with van der Waals surface area (Å²) in [7, 11) is 1.50. The first kappa shape index (κ1) is 13.2. The van der Waals surface area contributed by atoms with Gasteiger partial charge in [-0.2, -0.15) is 0 Å². The molecule has 0 radical (unpaired) electrons. The summed E-state index contributed by atoms with van der Waals surface area (Å²) in [5, 5.41) is 9.50. The van der Waals surface area contributed by atoms with Crippen LogP contribution in [0.25, 0.3) is 0 Å². The number of hydrogen-bond donors (Lipinski definition) is 1. The van der Waals surface area contributed by atoms with Gasteiger partial charge in [0.25, 0.3) is 0 Å². The number of phenols is 1. The third-order valence-electron chi connectivity index (χ3n) is 3.31. The lowest BCUT2D eigenvalue weighted by atomic mass is 9.95. The van der Waals surface area contributed by atoms with Crippen molar-refractivity contribution in [2.75, 3.05) is 7.11 Å². The van der Waals surface area contributed by atoms with Crippen LogP contribution in [0.5, 0.6) is 17.2 Å². The summed E-state index contributed by atoms with van der Waals surface area (Å²) in [6.45, 7) is 0. The van der Waals surface area contributed by atoms with E-state index in [1.807, 2.05) is 0 Å². The van der Waals surface area contributed by atoms with E-state index in [9.17, 15) is 14.7 Å². The van der Waals surface area contributed by atoms with E-state index in [1.54, 1.807) is 24.3 Å². The zero-order chi connectivity index (χ0) is 15.0. The number of phenolic OH excluding ortho intramolecular Hbond substituents is 1. The minimum Gasteiger partial charge on any atom is -0.508 e. The third-order valence-corrected chi connectivity index (χ3v) is 3.31. The van der Waals surface area contributed by atoms with Crippen molar-refractivity contribution in [2.24, 2.45) is 0 Å². The summed E-state index contributed by atoms with van der Waals surface area (Å²) in [6, 6.07) is 10.8. The van der Waals surface area contributed by atoms with Gasteiger partial charge >= 0.3 is 0 Å². The van der Waals surface area contributed by atoms with Gasteiger partial charge in [0, 0.05) is 11.6 Å². The Balaban J connectivity index is 2.05. The molecule has 1 atom stereocenters. The Labute approximate surface area is 120 Å². The highest BCUT2D eigenvalue weighted by Crippen LogP contribution is 2.35. The smallest absolute Gasteiger partial charge is 0.248 e. The van der Waals surface area contributed by atoms with Crippen molar-refractivity contribution < 1.29 is 24.2 Å². The number of methoxy groups -OCH3 is 1. The second-order valence-corrected chi connectivity index (χ2v) is 4.65. The fourth-order valence-electron chi connectivity index (χ4n) is 2.25. The number of Topliss-reactive ketones (excluding diaryl/α,β-unsaturated/α-hetero) is 2. The second kappa shape index (κ2) is 4.94. The molecule has 106 valence electrons.